The van der Waals surface area contributed by atoms with E-state index in [1.54, 1.807) is 6.07 Å². The fourth-order valence-electron chi connectivity index (χ4n) is 2.60. The highest BCUT2D eigenvalue weighted by Crippen LogP contribution is 2.26. The van der Waals surface area contributed by atoms with Gasteiger partial charge in [-0.1, -0.05) is 19.4 Å². The zero-order valence-corrected chi connectivity index (χ0v) is 11.2. The van der Waals surface area contributed by atoms with Crippen LogP contribution in [-0.2, 0) is 0 Å². The van der Waals surface area contributed by atoms with Crippen LogP contribution in [0.4, 0.5) is 4.39 Å². The van der Waals surface area contributed by atoms with Crippen LogP contribution in [-0.4, -0.2) is 18.7 Å². The maximum Gasteiger partial charge on any atom is 0.126 e. The Labute approximate surface area is 109 Å². The third-order valence-electron chi connectivity index (χ3n) is 3.60. The topological polar surface area (TPSA) is 21.3 Å². The van der Waals surface area contributed by atoms with Gasteiger partial charge in [0.05, 0.1) is 0 Å². The van der Waals surface area contributed by atoms with Crippen LogP contribution < -0.4 is 10.1 Å². The van der Waals surface area contributed by atoms with Gasteiger partial charge < -0.3 is 10.1 Å². The van der Waals surface area contributed by atoms with Gasteiger partial charge in [0, 0.05) is 12.1 Å². The van der Waals surface area contributed by atoms with Gasteiger partial charge in [-0.05, 0) is 44.4 Å². The molecule has 2 rings (SSSR count). The Morgan fingerprint density at radius 1 is 1.33 bits per heavy atom. The molecule has 0 amide bonds. The molecule has 0 saturated heterocycles. The quantitative estimate of drug-likeness (QED) is 0.885. The van der Waals surface area contributed by atoms with Gasteiger partial charge in [0.1, 0.15) is 17.7 Å². The predicted molar refractivity (Wildman–Crippen MR) is 71.5 cm³/mol. The molecule has 1 aliphatic carbocycles. The van der Waals surface area contributed by atoms with E-state index in [0.29, 0.717) is 11.8 Å². The first-order chi connectivity index (χ1) is 8.70. The van der Waals surface area contributed by atoms with E-state index >= 15 is 0 Å². The molecule has 1 aromatic carbocycles. The fourth-order valence-corrected chi connectivity index (χ4v) is 2.60. The Kier molecular flexibility index (Phi) is 4.59. The molecule has 3 heteroatoms. The largest absolute Gasteiger partial charge is 0.488 e. The molecule has 18 heavy (non-hydrogen) atoms. The number of nitrogens with one attached hydrogen (secondary N) is 1. The highest BCUT2D eigenvalue weighted by atomic mass is 19.1. The van der Waals surface area contributed by atoms with Crippen LogP contribution in [0, 0.1) is 12.7 Å². The minimum absolute atomic E-state index is 0.166. The number of rotatable bonds is 4. The SMILES string of the molecule is CCNC1CCCCC1Oc1cc(F)ccc1C. The molecule has 100 valence electrons. The second-order valence-electron chi connectivity index (χ2n) is 5.01. The van der Waals surface area contributed by atoms with Crippen molar-refractivity contribution in [1.29, 1.82) is 0 Å². The predicted octanol–water partition coefficient (Wildman–Crippen LogP) is 3.43. The minimum atomic E-state index is -0.230. The first-order valence-corrected chi connectivity index (χ1v) is 6.87. The van der Waals surface area contributed by atoms with E-state index in [1.807, 2.05) is 6.92 Å². The third-order valence-corrected chi connectivity index (χ3v) is 3.60. The van der Waals surface area contributed by atoms with Gasteiger partial charge in [0.25, 0.3) is 0 Å². The average Bonchev–Trinajstić information content (AvgIpc) is 2.36. The lowest BCUT2D eigenvalue weighted by Gasteiger charge is -2.32. The van der Waals surface area contributed by atoms with Crippen molar-refractivity contribution in [2.24, 2.45) is 0 Å². The molecular formula is C15H22FNO. The van der Waals surface area contributed by atoms with Crippen LogP contribution >= 0.6 is 0 Å². The Morgan fingerprint density at radius 2 is 2.11 bits per heavy atom. The number of hydrogen-bond acceptors (Lipinski definition) is 2. The fraction of sp³-hybridized carbons (Fsp3) is 0.600. The van der Waals surface area contributed by atoms with Crippen molar-refractivity contribution in [3.63, 3.8) is 0 Å². The molecule has 0 bridgehead atoms. The third kappa shape index (κ3) is 3.22. The number of ether oxygens (including phenoxy) is 1. The second-order valence-corrected chi connectivity index (χ2v) is 5.01. The van der Waals surface area contributed by atoms with E-state index < -0.39 is 0 Å². The van der Waals surface area contributed by atoms with Crippen LogP contribution in [0.15, 0.2) is 18.2 Å². The summed E-state index contributed by atoms with van der Waals surface area (Å²) in [5.41, 5.74) is 0.997. The van der Waals surface area contributed by atoms with E-state index in [2.05, 4.69) is 12.2 Å². The van der Waals surface area contributed by atoms with Crippen molar-refractivity contribution in [2.45, 2.75) is 51.7 Å². The Bertz CT molecular complexity index is 392. The van der Waals surface area contributed by atoms with Crippen LogP contribution in [0.2, 0.25) is 0 Å². The summed E-state index contributed by atoms with van der Waals surface area (Å²) in [6.45, 7) is 5.02. The maximum atomic E-state index is 13.3. The van der Waals surface area contributed by atoms with Crippen LogP contribution in [0.5, 0.6) is 5.75 Å². The molecule has 1 aromatic rings. The van der Waals surface area contributed by atoms with Crippen LogP contribution in [0.1, 0.15) is 38.2 Å². The van der Waals surface area contributed by atoms with Crippen molar-refractivity contribution >= 4 is 0 Å². The molecule has 2 atom stereocenters. The molecule has 1 saturated carbocycles. The van der Waals surface area contributed by atoms with Gasteiger partial charge in [0.15, 0.2) is 0 Å². The van der Waals surface area contributed by atoms with E-state index in [1.165, 1.54) is 25.0 Å². The summed E-state index contributed by atoms with van der Waals surface area (Å²) in [6, 6.07) is 5.14. The molecule has 0 radical (unpaired) electrons. The summed E-state index contributed by atoms with van der Waals surface area (Å²) in [5, 5.41) is 3.47. The zero-order valence-electron chi connectivity index (χ0n) is 11.2. The van der Waals surface area contributed by atoms with Gasteiger partial charge in [-0.3, -0.25) is 0 Å². The molecule has 2 unspecified atom stereocenters. The average molecular weight is 251 g/mol. The summed E-state index contributed by atoms with van der Waals surface area (Å²) in [4.78, 5) is 0. The number of benzene rings is 1. The molecule has 0 aromatic heterocycles. The van der Waals surface area contributed by atoms with Gasteiger partial charge >= 0.3 is 0 Å². The number of hydrogen-bond donors (Lipinski definition) is 1. The molecule has 1 aliphatic rings. The zero-order chi connectivity index (χ0) is 13.0. The van der Waals surface area contributed by atoms with Crippen molar-refractivity contribution in [1.82, 2.24) is 5.32 Å². The summed E-state index contributed by atoms with van der Waals surface area (Å²) in [7, 11) is 0. The minimum Gasteiger partial charge on any atom is -0.488 e. The molecule has 0 heterocycles. The number of likely N-dealkylation sites (N-methyl/N-ethyl adjacent to an activating group) is 1. The number of aryl methyl sites for hydroxylation is 1. The lowest BCUT2D eigenvalue weighted by Crippen LogP contribution is -2.45. The van der Waals surface area contributed by atoms with Gasteiger partial charge in [-0.2, -0.15) is 0 Å². The monoisotopic (exact) mass is 251 g/mol. The van der Waals surface area contributed by atoms with Crippen molar-refractivity contribution in [2.75, 3.05) is 6.54 Å². The maximum absolute atomic E-state index is 13.3. The van der Waals surface area contributed by atoms with E-state index in [4.69, 9.17) is 4.74 Å². The summed E-state index contributed by atoms with van der Waals surface area (Å²) in [5.74, 6) is 0.455. The summed E-state index contributed by atoms with van der Waals surface area (Å²) < 4.78 is 19.3. The molecule has 0 aliphatic heterocycles. The van der Waals surface area contributed by atoms with Gasteiger partial charge in [-0.25, -0.2) is 4.39 Å². The molecule has 1 fully saturated rings. The van der Waals surface area contributed by atoms with E-state index in [0.717, 1.165) is 24.9 Å². The molecular weight excluding hydrogens is 229 g/mol. The van der Waals surface area contributed by atoms with Crippen LogP contribution in [0.3, 0.4) is 0 Å². The lowest BCUT2D eigenvalue weighted by atomic mass is 9.92. The highest BCUT2D eigenvalue weighted by molar-refractivity contribution is 5.33. The van der Waals surface area contributed by atoms with Gasteiger partial charge in [0.2, 0.25) is 0 Å². The second kappa shape index (κ2) is 6.19. The van der Waals surface area contributed by atoms with Crippen molar-refractivity contribution in [3.05, 3.63) is 29.6 Å². The van der Waals surface area contributed by atoms with Gasteiger partial charge in [-0.15, -0.1) is 0 Å². The normalized spacial score (nSPS) is 23.9. The molecule has 0 spiro atoms. The summed E-state index contributed by atoms with van der Waals surface area (Å²) >= 11 is 0. The standard InChI is InChI=1S/C15H22FNO/c1-3-17-13-6-4-5-7-14(13)18-15-10-12(16)9-8-11(15)2/h8-10,13-14,17H,3-7H2,1-2H3. The van der Waals surface area contributed by atoms with Crippen LogP contribution in [0.25, 0.3) is 0 Å². The summed E-state index contributed by atoms with van der Waals surface area (Å²) in [6.07, 6.45) is 4.81. The Morgan fingerprint density at radius 3 is 2.89 bits per heavy atom. The molecule has 2 nitrogen and oxygen atoms in total. The Hall–Kier alpha value is -1.09. The lowest BCUT2D eigenvalue weighted by molar-refractivity contribution is 0.114. The highest BCUT2D eigenvalue weighted by Gasteiger charge is 2.26. The first kappa shape index (κ1) is 13.3. The van der Waals surface area contributed by atoms with E-state index in [9.17, 15) is 4.39 Å². The Balaban J connectivity index is 2.08. The van der Waals surface area contributed by atoms with Crippen molar-refractivity contribution in [3.8, 4) is 5.75 Å². The molecule has 1 N–H and O–H groups in total. The first-order valence-electron chi connectivity index (χ1n) is 6.87. The smallest absolute Gasteiger partial charge is 0.126 e. The van der Waals surface area contributed by atoms with E-state index in [-0.39, 0.29) is 11.9 Å². The number of halogens is 1. The van der Waals surface area contributed by atoms with Crippen molar-refractivity contribution < 1.29 is 9.13 Å².